The fourth-order valence-corrected chi connectivity index (χ4v) is 3.11. The van der Waals surface area contributed by atoms with Crippen LogP contribution in [0.3, 0.4) is 0 Å². The smallest absolute Gasteiger partial charge is 0.181 e. The molecule has 6 heteroatoms. The van der Waals surface area contributed by atoms with Gasteiger partial charge in [0.1, 0.15) is 10.8 Å². The highest BCUT2D eigenvalue weighted by Crippen LogP contribution is 2.39. The Bertz CT molecular complexity index is 585. The molecule has 1 fully saturated rings. The van der Waals surface area contributed by atoms with Gasteiger partial charge in [-0.15, -0.1) is 0 Å². The van der Waals surface area contributed by atoms with Gasteiger partial charge in [-0.05, 0) is 28.8 Å². The Balaban J connectivity index is 2.07. The largest absolute Gasteiger partial charge is 0.261 e. The summed E-state index contributed by atoms with van der Waals surface area (Å²) in [6.07, 6.45) is 9.72. The maximum Gasteiger partial charge on any atom is 0.181 e. The quantitative estimate of drug-likeness (QED) is 0.776. The average Bonchev–Trinajstić information content (AvgIpc) is 2.96. The van der Waals surface area contributed by atoms with E-state index in [1.54, 1.807) is 18.6 Å². The Morgan fingerprint density at radius 2 is 1.95 bits per heavy atom. The lowest BCUT2D eigenvalue weighted by atomic mass is 10.0. The average molecular weight is 340 g/mol. The van der Waals surface area contributed by atoms with E-state index in [0.717, 1.165) is 23.0 Å². The van der Waals surface area contributed by atoms with Crippen molar-refractivity contribution in [2.75, 3.05) is 0 Å². The first kappa shape index (κ1) is 12.9. The van der Waals surface area contributed by atoms with Crippen molar-refractivity contribution in [1.29, 1.82) is 0 Å². The summed E-state index contributed by atoms with van der Waals surface area (Å²) in [6.45, 7) is 0. The van der Waals surface area contributed by atoms with Crippen LogP contribution in [0, 0.1) is 0 Å². The van der Waals surface area contributed by atoms with Crippen molar-refractivity contribution in [1.82, 2.24) is 19.9 Å². The van der Waals surface area contributed by atoms with Gasteiger partial charge in [-0.3, -0.25) is 4.98 Å². The van der Waals surface area contributed by atoms with E-state index in [-0.39, 0.29) is 0 Å². The Hall–Kier alpha value is -1.07. The summed E-state index contributed by atoms with van der Waals surface area (Å²) in [6, 6.07) is 0. The molecular weight excluding hydrogens is 328 g/mol. The highest BCUT2D eigenvalue weighted by molar-refractivity contribution is 9.10. The first-order chi connectivity index (χ1) is 9.25. The van der Waals surface area contributed by atoms with E-state index in [2.05, 4.69) is 35.9 Å². The number of nitrogens with zero attached hydrogens (tertiary/aromatic N) is 4. The molecule has 0 N–H and O–H groups in total. The molecule has 0 amide bonds. The first-order valence-corrected chi connectivity index (χ1v) is 7.42. The highest BCUT2D eigenvalue weighted by Gasteiger charge is 2.24. The second-order valence-corrected chi connectivity index (χ2v) is 5.76. The molecule has 1 saturated carbocycles. The molecule has 19 heavy (non-hydrogen) atoms. The Morgan fingerprint density at radius 3 is 2.63 bits per heavy atom. The third-order valence-corrected chi connectivity index (χ3v) is 4.65. The van der Waals surface area contributed by atoms with Crippen LogP contribution >= 0.6 is 27.5 Å². The van der Waals surface area contributed by atoms with E-state index in [0.29, 0.717) is 22.6 Å². The number of aromatic nitrogens is 4. The predicted octanol–water partition coefficient (Wildman–Crippen LogP) is 4.01. The summed E-state index contributed by atoms with van der Waals surface area (Å²) < 4.78 is 0.814. The zero-order chi connectivity index (χ0) is 13.2. The van der Waals surface area contributed by atoms with Gasteiger partial charge in [-0.2, -0.15) is 0 Å². The lowest BCUT2D eigenvalue weighted by Gasteiger charge is -2.12. The molecular formula is C13H12BrClN4. The van der Waals surface area contributed by atoms with Crippen LogP contribution in [-0.2, 0) is 0 Å². The van der Waals surface area contributed by atoms with Crippen LogP contribution in [0.1, 0.15) is 37.3 Å². The van der Waals surface area contributed by atoms with Crippen molar-refractivity contribution < 1.29 is 0 Å². The minimum atomic E-state index is 0.442. The molecule has 0 aromatic carbocycles. The van der Waals surface area contributed by atoms with Gasteiger partial charge in [0, 0.05) is 18.3 Å². The Morgan fingerprint density at radius 1 is 1.16 bits per heavy atom. The van der Waals surface area contributed by atoms with Crippen molar-refractivity contribution in [3.63, 3.8) is 0 Å². The van der Waals surface area contributed by atoms with Gasteiger partial charge in [-0.25, -0.2) is 15.0 Å². The second-order valence-electron chi connectivity index (χ2n) is 4.61. The van der Waals surface area contributed by atoms with Gasteiger partial charge in [0.15, 0.2) is 5.82 Å². The van der Waals surface area contributed by atoms with E-state index >= 15 is 0 Å². The van der Waals surface area contributed by atoms with Crippen LogP contribution in [0.25, 0.3) is 11.5 Å². The summed E-state index contributed by atoms with van der Waals surface area (Å²) >= 11 is 9.71. The first-order valence-electron chi connectivity index (χ1n) is 6.25. The highest BCUT2D eigenvalue weighted by atomic mass is 79.9. The van der Waals surface area contributed by atoms with Crippen LogP contribution in [0.5, 0.6) is 0 Å². The van der Waals surface area contributed by atoms with Gasteiger partial charge < -0.3 is 0 Å². The SMILES string of the molecule is Clc1nc(-c2cnccn2)nc(C2CCCC2)c1Br. The van der Waals surface area contributed by atoms with Crippen molar-refractivity contribution in [2.24, 2.45) is 0 Å². The molecule has 0 aliphatic heterocycles. The molecule has 0 spiro atoms. The minimum absolute atomic E-state index is 0.442. The normalized spacial score (nSPS) is 15.9. The Labute approximate surface area is 124 Å². The summed E-state index contributed by atoms with van der Waals surface area (Å²) in [7, 11) is 0. The minimum Gasteiger partial charge on any atom is -0.261 e. The molecule has 2 heterocycles. The van der Waals surface area contributed by atoms with E-state index in [1.165, 1.54) is 12.8 Å². The van der Waals surface area contributed by atoms with Crippen LogP contribution < -0.4 is 0 Å². The Kier molecular flexibility index (Phi) is 3.75. The molecule has 0 radical (unpaired) electrons. The van der Waals surface area contributed by atoms with Crippen molar-refractivity contribution in [3.05, 3.63) is 33.9 Å². The van der Waals surface area contributed by atoms with Crippen LogP contribution in [0.2, 0.25) is 5.15 Å². The summed E-state index contributed by atoms with van der Waals surface area (Å²) in [4.78, 5) is 17.2. The third kappa shape index (κ3) is 2.62. The molecule has 98 valence electrons. The van der Waals surface area contributed by atoms with Crippen LogP contribution in [0.4, 0.5) is 0 Å². The van der Waals surface area contributed by atoms with Crippen LogP contribution in [0.15, 0.2) is 23.1 Å². The van der Waals surface area contributed by atoms with Crippen molar-refractivity contribution in [2.45, 2.75) is 31.6 Å². The molecule has 2 aromatic rings. The lowest BCUT2D eigenvalue weighted by molar-refractivity contribution is 0.690. The molecule has 3 rings (SSSR count). The predicted molar refractivity (Wildman–Crippen MR) is 77.0 cm³/mol. The number of halogens is 2. The molecule has 4 nitrogen and oxygen atoms in total. The molecule has 0 saturated heterocycles. The topological polar surface area (TPSA) is 51.6 Å². The molecule has 0 bridgehead atoms. The number of rotatable bonds is 2. The van der Waals surface area contributed by atoms with Gasteiger partial charge in [0.2, 0.25) is 0 Å². The molecule has 0 atom stereocenters. The molecule has 0 unspecified atom stereocenters. The standard InChI is InChI=1S/C13H12BrClN4/c14-10-11(8-3-1-2-4-8)18-13(19-12(10)15)9-7-16-5-6-17-9/h5-8H,1-4H2. The second kappa shape index (κ2) is 5.51. The maximum absolute atomic E-state index is 6.20. The van der Waals surface area contributed by atoms with E-state index < -0.39 is 0 Å². The van der Waals surface area contributed by atoms with Crippen molar-refractivity contribution in [3.8, 4) is 11.5 Å². The third-order valence-electron chi connectivity index (χ3n) is 3.37. The van der Waals surface area contributed by atoms with Gasteiger partial charge in [0.25, 0.3) is 0 Å². The zero-order valence-corrected chi connectivity index (χ0v) is 12.5. The lowest BCUT2D eigenvalue weighted by Crippen LogP contribution is -2.03. The summed E-state index contributed by atoms with van der Waals surface area (Å²) in [5.74, 6) is 1.01. The molecule has 2 aromatic heterocycles. The monoisotopic (exact) mass is 338 g/mol. The van der Waals surface area contributed by atoms with Crippen LogP contribution in [-0.4, -0.2) is 19.9 Å². The zero-order valence-electron chi connectivity index (χ0n) is 10.2. The maximum atomic E-state index is 6.20. The van der Waals surface area contributed by atoms with Crippen molar-refractivity contribution >= 4 is 27.5 Å². The van der Waals surface area contributed by atoms with E-state index in [1.807, 2.05) is 0 Å². The van der Waals surface area contributed by atoms with E-state index in [9.17, 15) is 0 Å². The number of hydrogen-bond acceptors (Lipinski definition) is 4. The van der Waals surface area contributed by atoms with E-state index in [4.69, 9.17) is 11.6 Å². The molecule has 1 aliphatic rings. The fourth-order valence-electron chi connectivity index (χ4n) is 2.43. The van der Waals surface area contributed by atoms with Gasteiger partial charge in [-0.1, -0.05) is 24.4 Å². The van der Waals surface area contributed by atoms with Gasteiger partial charge in [0.05, 0.1) is 16.4 Å². The summed E-state index contributed by atoms with van der Waals surface area (Å²) in [5, 5.41) is 0.442. The molecule has 1 aliphatic carbocycles. The summed E-state index contributed by atoms with van der Waals surface area (Å²) in [5.41, 5.74) is 1.65. The fraction of sp³-hybridized carbons (Fsp3) is 0.385. The number of hydrogen-bond donors (Lipinski definition) is 0. The van der Waals surface area contributed by atoms with Gasteiger partial charge >= 0.3 is 0 Å².